The number of carbonyl (C=O) groups excluding carboxylic acids is 1. The molecule has 4 saturated heterocycles. The van der Waals surface area contributed by atoms with Crippen LogP contribution in [0.2, 0.25) is 0 Å². The molecular formula is C20H38N8O3S. The zero-order valence-corrected chi connectivity index (χ0v) is 20.0. The molecule has 6 unspecified atom stereocenters. The van der Waals surface area contributed by atoms with E-state index in [1.54, 1.807) is 4.90 Å². The van der Waals surface area contributed by atoms with Gasteiger partial charge in [-0.05, 0) is 38.1 Å². The lowest BCUT2D eigenvalue weighted by Crippen LogP contribution is -2.57. The molecule has 0 aromatic rings. The third-order valence-electron chi connectivity index (χ3n) is 8.13. The first-order chi connectivity index (χ1) is 15.3. The first kappa shape index (κ1) is 22.8. The van der Waals surface area contributed by atoms with Crippen LogP contribution in [0, 0.1) is 5.92 Å². The van der Waals surface area contributed by atoms with Crippen LogP contribution in [0.3, 0.4) is 0 Å². The van der Waals surface area contributed by atoms with Gasteiger partial charge in [0.2, 0.25) is 10.0 Å². The lowest BCUT2D eigenvalue weighted by atomic mass is 9.82. The summed E-state index contributed by atoms with van der Waals surface area (Å²) in [5.41, 5.74) is 6.69. The molecule has 0 aromatic carbocycles. The van der Waals surface area contributed by atoms with Crippen LogP contribution in [0.25, 0.3) is 0 Å². The van der Waals surface area contributed by atoms with Gasteiger partial charge in [-0.15, -0.1) is 0 Å². The van der Waals surface area contributed by atoms with Crippen molar-refractivity contribution in [1.82, 2.24) is 40.7 Å². The standard InChI is InChI=1S/C20H38N8O3S/c1-25-8-9-27(20(25)29)15-6-7-21-18(10-15)28-13-16(12-23-28)32(30,31)24-17-5-3-4-14-11-22-26(2)19(14)17/h14-19,21-24H,3-13H2,1-2H3. The number of hydrogen-bond donors (Lipinski definition) is 4. The van der Waals surface area contributed by atoms with Crippen LogP contribution in [0.1, 0.15) is 32.1 Å². The van der Waals surface area contributed by atoms with Gasteiger partial charge in [0, 0.05) is 64.9 Å². The van der Waals surface area contributed by atoms with E-state index in [-0.39, 0.29) is 30.3 Å². The first-order valence-corrected chi connectivity index (χ1v) is 13.6. The smallest absolute Gasteiger partial charge is 0.320 e. The lowest BCUT2D eigenvalue weighted by Gasteiger charge is -2.39. The number of piperidine rings is 1. The number of likely N-dealkylation sites (N-methyl/N-ethyl adjacent to an activating group) is 2. The maximum Gasteiger partial charge on any atom is 0.320 e. The molecule has 11 nitrogen and oxygen atoms in total. The molecule has 5 aliphatic rings. The van der Waals surface area contributed by atoms with Crippen LogP contribution in [0.4, 0.5) is 4.79 Å². The van der Waals surface area contributed by atoms with Crippen LogP contribution in [-0.2, 0) is 10.0 Å². The van der Waals surface area contributed by atoms with Gasteiger partial charge in [0.25, 0.3) is 0 Å². The Morgan fingerprint density at radius 2 is 1.91 bits per heavy atom. The van der Waals surface area contributed by atoms with Crippen molar-refractivity contribution in [2.75, 3.05) is 53.4 Å². The number of carbonyl (C=O) groups is 1. The number of sulfonamides is 1. The van der Waals surface area contributed by atoms with E-state index >= 15 is 0 Å². The molecule has 0 bridgehead atoms. The number of urea groups is 1. The summed E-state index contributed by atoms with van der Waals surface area (Å²) in [6.45, 7) is 4.16. The molecule has 0 aromatic heterocycles. The fourth-order valence-electron chi connectivity index (χ4n) is 6.30. The summed E-state index contributed by atoms with van der Waals surface area (Å²) >= 11 is 0. The van der Waals surface area contributed by atoms with Gasteiger partial charge < -0.3 is 15.1 Å². The number of hydrazine groups is 2. The van der Waals surface area contributed by atoms with Gasteiger partial charge in [0.05, 0.1) is 6.17 Å². The number of fused-ring (bicyclic) bond motifs is 1. The Kier molecular flexibility index (Phi) is 6.38. The van der Waals surface area contributed by atoms with Gasteiger partial charge >= 0.3 is 6.03 Å². The van der Waals surface area contributed by atoms with E-state index in [0.717, 1.165) is 58.3 Å². The van der Waals surface area contributed by atoms with E-state index in [4.69, 9.17) is 0 Å². The fraction of sp³-hybridized carbons (Fsp3) is 0.950. The summed E-state index contributed by atoms with van der Waals surface area (Å²) in [4.78, 5) is 16.2. The maximum absolute atomic E-state index is 13.3. The molecule has 6 atom stereocenters. The van der Waals surface area contributed by atoms with Crippen molar-refractivity contribution in [3.63, 3.8) is 0 Å². The van der Waals surface area contributed by atoms with Gasteiger partial charge in [0.1, 0.15) is 5.25 Å². The average Bonchev–Trinajstić information content (AvgIpc) is 3.49. The fourth-order valence-corrected chi connectivity index (χ4v) is 7.82. The Bertz CT molecular complexity index is 811. The van der Waals surface area contributed by atoms with Crippen LogP contribution >= 0.6 is 0 Å². The minimum absolute atomic E-state index is 0.0249. The van der Waals surface area contributed by atoms with Gasteiger partial charge in [-0.2, -0.15) is 0 Å². The predicted molar refractivity (Wildman–Crippen MR) is 121 cm³/mol. The van der Waals surface area contributed by atoms with Crippen molar-refractivity contribution in [3.8, 4) is 0 Å². The van der Waals surface area contributed by atoms with E-state index in [2.05, 4.69) is 25.9 Å². The molecule has 1 saturated carbocycles. The summed E-state index contributed by atoms with van der Waals surface area (Å²) in [5.74, 6) is 0.510. The highest BCUT2D eigenvalue weighted by molar-refractivity contribution is 7.90. The molecule has 2 amide bonds. The van der Waals surface area contributed by atoms with Gasteiger partial charge in [-0.3, -0.25) is 10.9 Å². The molecule has 4 heterocycles. The maximum atomic E-state index is 13.3. The van der Waals surface area contributed by atoms with Crippen molar-refractivity contribution in [2.45, 2.75) is 61.6 Å². The molecule has 4 N–H and O–H groups in total. The van der Waals surface area contributed by atoms with Gasteiger partial charge in [0.15, 0.2) is 0 Å². The predicted octanol–water partition coefficient (Wildman–Crippen LogP) is -1.47. The Hall–Kier alpha value is -1.02. The monoisotopic (exact) mass is 470 g/mol. The number of amides is 2. The third kappa shape index (κ3) is 4.26. The Morgan fingerprint density at radius 3 is 2.69 bits per heavy atom. The van der Waals surface area contributed by atoms with Crippen LogP contribution in [-0.4, -0.2) is 117 Å². The van der Waals surface area contributed by atoms with E-state index in [9.17, 15) is 13.2 Å². The molecule has 12 heteroatoms. The number of rotatable bonds is 5. The highest BCUT2D eigenvalue weighted by Crippen LogP contribution is 2.31. The molecule has 5 rings (SSSR count). The van der Waals surface area contributed by atoms with E-state index in [1.807, 2.05) is 24.0 Å². The largest absolute Gasteiger partial charge is 0.326 e. The zero-order chi connectivity index (χ0) is 22.5. The van der Waals surface area contributed by atoms with Crippen molar-refractivity contribution in [2.24, 2.45) is 5.92 Å². The number of nitrogens with one attached hydrogen (secondary N) is 4. The van der Waals surface area contributed by atoms with E-state index in [1.165, 1.54) is 0 Å². The van der Waals surface area contributed by atoms with Crippen LogP contribution in [0.5, 0.6) is 0 Å². The van der Waals surface area contributed by atoms with Crippen molar-refractivity contribution in [1.29, 1.82) is 0 Å². The molecule has 1 aliphatic carbocycles. The summed E-state index contributed by atoms with van der Waals surface area (Å²) in [7, 11) is 0.418. The normalized spacial score (nSPS) is 39.8. The highest BCUT2D eigenvalue weighted by atomic mass is 32.2. The first-order valence-electron chi connectivity index (χ1n) is 12.1. The molecule has 0 radical (unpaired) electrons. The second-order valence-electron chi connectivity index (χ2n) is 10.1. The summed E-state index contributed by atoms with van der Waals surface area (Å²) in [5, 5.41) is 7.16. The van der Waals surface area contributed by atoms with E-state index in [0.29, 0.717) is 19.0 Å². The lowest BCUT2D eigenvalue weighted by molar-refractivity contribution is 0.0788. The third-order valence-corrected chi connectivity index (χ3v) is 9.96. The van der Waals surface area contributed by atoms with Crippen LogP contribution in [0.15, 0.2) is 0 Å². The second-order valence-corrected chi connectivity index (χ2v) is 12.1. The minimum atomic E-state index is -3.45. The molecule has 5 fully saturated rings. The van der Waals surface area contributed by atoms with Crippen LogP contribution < -0.4 is 20.9 Å². The van der Waals surface area contributed by atoms with Gasteiger partial charge in [-0.25, -0.2) is 28.0 Å². The number of hydrogen-bond acceptors (Lipinski definition) is 8. The molecule has 182 valence electrons. The summed E-state index contributed by atoms with van der Waals surface area (Å²) < 4.78 is 29.6. The SMILES string of the molecule is CN1CCN(C2CCNC(N3CC(S(=O)(=O)NC4CCCC5CNN(C)C54)CN3)C2)C1=O. The summed E-state index contributed by atoms with van der Waals surface area (Å²) in [6.07, 6.45) is 4.87. The van der Waals surface area contributed by atoms with Crippen molar-refractivity contribution in [3.05, 3.63) is 0 Å². The van der Waals surface area contributed by atoms with Crippen molar-refractivity contribution < 1.29 is 13.2 Å². The Labute approximate surface area is 191 Å². The number of nitrogens with zero attached hydrogens (tertiary/aromatic N) is 4. The summed E-state index contributed by atoms with van der Waals surface area (Å²) in [6, 6.07) is 0.481. The van der Waals surface area contributed by atoms with Crippen molar-refractivity contribution >= 4 is 16.1 Å². The molecule has 4 aliphatic heterocycles. The topological polar surface area (TPSA) is 112 Å². The quantitative estimate of drug-likeness (QED) is 0.385. The van der Waals surface area contributed by atoms with E-state index < -0.39 is 15.3 Å². The average molecular weight is 471 g/mol. The molecular weight excluding hydrogens is 432 g/mol. The minimum Gasteiger partial charge on any atom is -0.326 e. The molecule has 32 heavy (non-hydrogen) atoms. The Morgan fingerprint density at radius 1 is 1.06 bits per heavy atom. The zero-order valence-electron chi connectivity index (χ0n) is 19.2. The van der Waals surface area contributed by atoms with Gasteiger partial charge in [-0.1, -0.05) is 6.42 Å². The highest BCUT2D eigenvalue weighted by Gasteiger charge is 2.45. The Balaban J connectivity index is 1.19. The second kappa shape index (κ2) is 8.97. The molecule has 0 spiro atoms.